The van der Waals surface area contributed by atoms with E-state index >= 15 is 0 Å². The second-order valence-corrected chi connectivity index (χ2v) is 8.30. The van der Waals surface area contributed by atoms with E-state index in [1.165, 1.54) is 17.4 Å². The predicted octanol–water partition coefficient (Wildman–Crippen LogP) is 4.62. The summed E-state index contributed by atoms with van der Waals surface area (Å²) in [6, 6.07) is 8.13. The van der Waals surface area contributed by atoms with E-state index in [1.54, 1.807) is 24.3 Å². The Morgan fingerprint density at radius 3 is 2.96 bits per heavy atom. The number of thiophene rings is 1. The summed E-state index contributed by atoms with van der Waals surface area (Å²) >= 11 is 10.3. The van der Waals surface area contributed by atoms with Crippen molar-refractivity contribution >= 4 is 50.5 Å². The minimum Gasteiger partial charge on any atom is -0.387 e. The molecule has 0 bridgehead atoms. The van der Waals surface area contributed by atoms with Crippen LogP contribution in [0.3, 0.4) is 0 Å². The minimum absolute atomic E-state index is 0.222. The molecule has 0 fully saturated rings. The lowest BCUT2D eigenvalue weighted by Gasteiger charge is -2.21. The quantitative estimate of drug-likeness (QED) is 0.768. The van der Waals surface area contributed by atoms with Gasteiger partial charge in [0, 0.05) is 16.5 Å². The number of rotatable bonds is 4. The van der Waals surface area contributed by atoms with Crippen LogP contribution in [-0.2, 0) is 4.84 Å². The minimum atomic E-state index is -0.717. The van der Waals surface area contributed by atoms with Gasteiger partial charge >= 0.3 is 0 Å². The van der Waals surface area contributed by atoms with Crippen molar-refractivity contribution in [2.24, 2.45) is 5.16 Å². The zero-order valence-corrected chi connectivity index (χ0v) is 15.8. The second-order valence-electron chi connectivity index (χ2n) is 5.67. The molecule has 1 aliphatic rings. The molecule has 1 aromatic heterocycles. The molecule has 1 aromatic carbocycles. The van der Waals surface area contributed by atoms with E-state index in [-0.39, 0.29) is 18.3 Å². The molecule has 1 N–H and O–H groups in total. The van der Waals surface area contributed by atoms with Crippen molar-refractivity contribution in [3.8, 4) is 0 Å². The highest BCUT2D eigenvalue weighted by Gasteiger charge is 2.36. The van der Waals surface area contributed by atoms with E-state index in [4.69, 9.17) is 16.4 Å². The Morgan fingerprint density at radius 1 is 1.50 bits per heavy atom. The molecule has 2 aromatic rings. The van der Waals surface area contributed by atoms with Gasteiger partial charge in [0.1, 0.15) is 5.82 Å². The predicted molar refractivity (Wildman–Crippen MR) is 96.4 cm³/mol. The van der Waals surface area contributed by atoms with Gasteiger partial charge in [-0.1, -0.05) is 32.7 Å². The van der Waals surface area contributed by atoms with Crippen LogP contribution in [0.25, 0.3) is 0 Å². The van der Waals surface area contributed by atoms with Crippen LogP contribution in [0.4, 0.5) is 4.39 Å². The first-order chi connectivity index (χ1) is 11.4. The van der Waals surface area contributed by atoms with Gasteiger partial charge in [0.05, 0.1) is 21.5 Å². The van der Waals surface area contributed by atoms with Crippen LogP contribution in [0.5, 0.6) is 0 Å². The van der Waals surface area contributed by atoms with Gasteiger partial charge in [-0.2, -0.15) is 0 Å². The zero-order valence-electron chi connectivity index (χ0n) is 12.6. The molecule has 3 rings (SSSR count). The molecule has 0 radical (unpaired) electrons. The SMILES string of the molecule is CC1(CNC(=O)c2ccc(Cl)s2)CC(c2ccc(Br)cc2F)=NO1. The highest BCUT2D eigenvalue weighted by atomic mass is 79.9. The average Bonchev–Trinajstić information content (AvgIpc) is 3.12. The van der Waals surface area contributed by atoms with Gasteiger partial charge < -0.3 is 10.2 Å². The maximum absolute atomic E-state index is 14.0. The molecule has 1 atom stereocenters. The molecule has 8 heteroatoms. The normalized spacial score (nSPS) is 19.8. The van der Waals surface area contributed by atoms with Crippen molar-refractivity contribution in [3.63, 3.8) is 0 Å². The Morgan fingerprint density at radius 2 is 2.29 bits per heavy atom. The maximum atomic E-state index is 14.0. The first-order valence-corrected chi connectivity index (χ1v) is 9.09. The molecule has 0 saturated carbocycles. The highest BCUT2D eigenvalue weighted by molar-refractivity contribution is 9.10. The third-order valence-corrected chi connectivity index (χ3v) is 5.30. The van der Waals surface area contributed by atoms with Crippen molar-refractivity contribution in [3.05, 3.63) is 55.4 Å². The molecular formula is C16H13BrClFN2O2S. The monoisotopic (exact) mass is 430 g/mol. The van der Waals surface area contributed by atoms with Crippen LogP contribution >= 0.6 is 38.9 Å². The fourth-order valence-electron chi connectivity index (χ4n) is 2.34. The Labute approximate surface area is 155 Å². The van der Waals surface area contributed by atoms with Crippen LogP contribution in [0.15, 0.2) is 40.0 Å². The number of nitrogens with zero attached hydrogens (tertiary/aromatic N) is 1. The fourth-order valence-corrected chi connectivity index (χ4v) is 3.63. The number of hydrogen-bond donors (Lipinski definition) is 1. The summed E-state index contributed by atoms with van der Waals surface area (Å²) in [4.78, 5) is 18.1. The van der Waals surface area contributed by atoms with Crippen molar-refractivity contribution in [2.45, 2.75) is 18.9 Å². The van der Waals surface area contributed by atoms with Gasteiger partial charge in [-0.15, -0.1) is 11.3 Å². The molecule has 0 aliphatic carbocycles. The molecule has 0 spiro atoms. The van der Waals surface area contributed by atoms with Crippen LogP contribution in [0.1, 0.15) is 28.6 Å². The molecule has 1 amide bonds. The van der Waals surface area contributed by atoms with Crippen LogP contribution in [0, 0.1) is 5.82 Å². The highest BCUT2D eigenvalue weighted by Crippen LogP contribution is 2.28. The third-order valence-electron chi connectivity index (χ3n) is 3.58. The largest absolute Gasteiger partial charge is 0.387 e. The number of halogens is 3. The van der Waals surface area contributed by atoms with Crippen LogP contribution < -0.4 is 5.32 Å². The summed E-state index contributed by atoms with van der Waals surface area (Å²) in [6.45, 7) is 2.08. The van der Waals surface area contributed by atoms with Crippen molar-refractivity contribution < 1.29 is 14.0 Å². The van der Waals surface area contributed by atoms with Crippen LogP contribution in [-0.4, -0.2) is 23.8 Å². The Balaban J connectivity index is 1.63. The van der Waals surface area contributed by atoms with E-state index in [9.17, 15) is 9.18 Å². The number of carbonyl (C=O) groups is 1. The topological polar surface area (TPSA) is 50.7 Å². The van der Waals surface area contributed by atoms with Crippen molar-refractivity contribution in [1.29, 1.82) is 0 Å². The molecule has 1 aliphatic heterocycles. The average molecular weight is 432 g/mol. The van der Waals surface area contributed by atoms with E-state index in [0.29, 0.717) is 31.4 Å². The maximum Gasteiger partial charge on any atom is 0.261 e. The fraction of sp³-hybridized carbons (Fsp3) is 0.250. The number of amides is 1. The Hall–Kier alpha value is -1.44. The van der Waals surface area contributed by atoms with Gasteiger partial charge in [0.2, 0.25) is 0 Å². The first kappa shape index (κ1) is 17.4. The molecule has 24 heavy (non-hydrogen) atoms. The van der Waals surface area contributed by atoms with E-state index in [2.05, 4.69) is 26.4 Å². The van der Waals surface area contributed by atoms with Gasteiger partial charge in [0.25, 0.3) is 5.91 Å². The van der Waals surface area contributed by atoms with Gasteiger partial charge in [-0.25, -0.2) is 4.39 Å². The smallest absolute Gasteiger partial charge is 0.261 e. The number of carbonyl (C=O) groups excluding carboxylic acids is 1. The van der Waals surface area contributed by atoms with E-state index < -0.39 is 5.60 Å². The van der Waals surface area contributed by atoms with Gasteiger partial charge in [-0.3, -0.25) is 4.79 Å². The molecule has 0 saturated heterocycles. The number of oxime groups is 1. The summed E-state index contributed by atoms with van der Waals surface area (Å²) in [5.41, 5.74) is 0.208. The summed E-state index contributed by atoms with van der Waals surface area (Å²) in [5, 5.41) is 6.80. The van der Waals surface area contributed by atoms with Crippen LogP contribution in [0.2, 0.25) is 4.34 Å². The summed E-state index contributed by atoms with van der Waals surface area (Å²) < 4.78 is 15.3. The molecular weight excluding hydrogens is 419 g/mol. The number of hydrogen-bond acceptors (Lipinski definition) is 4. The van der Waals surface area contributed by atoms with Gasteiger partial charge in [0.15, 0.2) is 5.60 Å². The third kappa shape index (κ3) is 3.79. The Bertz CT molecular complexity index is 826. The molecule has 4 nitrogen and oxygen atoms in total. The standard InChI is InChI=1S/C16H13BrClFN2O2S/c1-16(8-20-15(22)13-4-5-14(18)24-13)7-12(21-23-16)10-3-2-9(17)6-11(10)19/h2-6H,7-8H2,1H3,(H,20,22). The second kappa shape index (κ2) is 6.82. The van der Waals surface area contributed by atoms with E-state index in [1.807, 2.05) is 6.92 Å². The lowest BCUT2D eigenvalue weighted by molar-refractivity contribution is -0.00178. The summed E-state index contributed by atoms with van der Waals surface area (Å²) in [7, 11) is 0. The van der Waals surface area contributed by atoms with Crippen molar-refractivity contribution in [2.75, 3.05) is 6.54 Å². The zero-order chi connectivity index (χ0) is 17.3. The number of benzene rings is 1. The summed E-state index contributed by atoms with van der Waals surface area (Å²) in [5.74, 6) is -0.590. The van der Waals surface area contributed by atoms with Crippen molar-refractivity contribution in [1.82, 2.24) is 5.32 Å². The molecule has 2 heterocycles. The summed E-state index contributed by atoms with van der Waals surface area (Å²) in [6.07, 6.45) is 0.400. The Kier molecular flexibility index (Phi) is 4.94. The molecule has 1 unspecified atom stereocenters. The number of nitrogens with one attached hydrogen (secondary N) is 1. The van der Waals surface area contributed by atoms with Gasteiger partial charge in [-0.05, 0) is 37.3 Å². The molecule has 126 valence electrons. The lowest BCUT2D eigenvalue weighted by atomic mass is 9.95. The lowest BCUT2D eigenvalue weighted by Crippen LogP contribution is -2.40. The first-order valence-electron chi connectivity index (χ1n) is 7.10. The van der Waals surface area contributed by atoms with E-state index in [0.717, 1.165) is 0 Å².